The van der Waals surface area contributed by atoms with Gasteiger partial charge in [0.1, 0.15) is 6.33 Å². The van der Waals surface area contributed by atoms with Crippen molar-refractivity contribution in [3.05, 3.63) is 54.4 Å². The number of pyridine rings is 1. The molecule has 2 rings (SSSR count). The van der Waals surface area contributed by atoms with Crippen LogP contribution >= 0.6 is 0 Å². The molecule has 0 N–H and O–H groups in total. The lowest BCUT2D eigenvalue weighted by Crippen LogP contribution is -1.77. The third kappa shape index (κ3) is 4.30. The summed E-state index contributed by atoms with van der Waals surface area (Å²) in [7, 11) is 0. The number of hydrogen-bond donors (Lipinski definition) is 0. The van der Waals surface area contributed by atoms with Gasteiger partial charge >= 0.3 is 0 Å². The molecule has 14 heavy (non-hydrogen) atoms. The summed E-state index contributed by atoms with van der Waals surface area (Å²) in [5.41, 5.74) is 2.22. The van der Waals surface area contributed by atoms with Crippen LogP contribution in [0.2, 0.25) is 0 Å². The van der Waals surface area contributed by atoms with E-state index in [0.29, 0.717) is 0 Å². The van der Waals surface area contributed by atoms with Crippen LogP contribution in [-0.2, 0) is 0 Å². The van der Waals surface area contributed by atoms with E-state index in [1.165, 1.54) is 11.9 Å². The molecule has 3 heteroatoms. The maximum absolute atomic E-state index is 3.88. The Labute approximate surface area is 83.9 Å². The third-order valence-electron chi connectivity index (χ3n) is 1.54. The Balaban J connectivity index is 0.000000140. The molecule has 2 aromatic heterocycles. The maximum Gasteiger partial charge on any atom is 0.115 e. The first kappa shape index (κ1) is 10.3. The van der Waals surface area contributed by atoms with Gasteiger partial charge in [-0.25, -0.2) is 9.97 Å². The topological polar surface area (TPSA) is 38.7 Å². The van der Waals surface area contributed by atoms with Gasteiger partial charge in [-0.3, -0.25) is 4.98 Å². The Morgan fingerprint density at radius 1 is 1.00 bits per heavy atom. The molecule has 0 saturated carbocycles. The zero-order valence-electron chi connectivity index (χ0n) is 8.38. The van der Waals surface area contributed by atoms with Gasteiger partial charge in [-0.1, -0.05) is 6.07 Å². The van der Waals surface area contributed by atoms with Crippen molar-refractivity contribution in [3.63, 3.8) is 0 Å². The highest BCUT2D eigenvalue weighted by Gasteiger charge is 1.74. The Bertz CT molecular complexity index is 308. The predicted molar refractivity (Wildman–Crippen MR) is 55.7 cm³/mol. The highest BCUT2D eigenvalue weighted by molar-refractivity contribution is 5.04. The molecule has 0 saturated heterocycles. The first-order valence-electron chi connectivity index (χ1n) is 4.38. The molecule has 0 aromatic carbocycles. The second kappa shape index (κ2) is 5.80. The average molecular weight is 187 g/mol. The highest BCUT2D eigenvalue weighted by atomic mass is 14.8. The molecule has 0 amide bonds. The third-order valence-corrected chi connectivity index (χ3v) is 1.54. The van der Waals surface area contributed by atoms with Crippen molar-refractivity contribution >= 4 is 0 Å². The van der Waals surface area contributed by atoms with Crippen LogP contribution in [0.4, 0.5) is 0 Å². The SMILES string of the molecule is Cc1cccnc1.Cc1ccncn1. The molecule has 0 aliphatic rings. The minimum Gasteiger partial charge on any atom is -0.264 e. The van der Waals surface area contributed by atoms with E-state index in [-0.39, 0.29) is 0 Å². The Kier molecular flexibility index (Phi) is 4.27. The van der Waals surface area contributed by atoms with Gasteiger partial charge in [0.05, 0.1) is 0 Å². The molecule has 0 aliphatic carbocycles. The molecule has 2 heterocycles. The monoisotopic (exact) mass is 187 g/mol. The summed E-state index contributed by atoms with van der Waals surface area (Å²) in [4.78, 5) is 11.5. The zero-order chi connectivity index (χ0) is 10.2. The van der Waals surface area contributed by atoms with E-state index in [4.69, 9.17) is 0 Å². The Morgan fingerprint density at radius 2 is 1.86 bits per heavy atom. The average Bonchev–Trinajstić information content (AvgIpc) is 2.21. The van der Waals surface area contributed by atoms with E-state index in [9.17, 15) is 0 Å². The number of aromatic nitrogens is 3. The summed E-state index contributed by atoms with van der Waals surface area (Å²) in [6, 6.07) is 5.81. The molecule has 0 spiro atoms. The van der Waals surface area contributed by atoms with Crippen molar-refractivity contribution in [1.29, 1.82) is 0 Å². The predicted octanol–water partition coefficient (Wildman–Crippen LogP) is 2.18. The summed E-state index contributed by atoms with van der Waals surface area (Å²) in [5.74, 6) is 0. The van der Waals surface area contributed by atoms with Crippen LogP contribution in [0.5, 0.6) is 0 Å². The number of rotatable bonds is 0. The first-order chi connectivity index (χ1) is 6.79. The molecular formula is C11H13N3. The zero-order valence-corrected chi connectivity index (χ0v) is 8.38. The quantitative estimate of drug-likeness (QED) is 0.634. The molecule has 72 valence electrons. The second-order valence-electron chi connectivity index (χ2n) is 2.88. The Morgan fingerprint density at radius 3 is 2.14 bits per heavy atom. The van der Waals surface area contributed by atoms with Gasteiger partial charge in [-0.2, -0.15) is 0 Å². The van der Waals surface area contributed by atoms with E-state index in [0.717, 1.165) is 5.69 Å². The standard InChI is InChI=1S/C6H7N.C5H6N2/c1-6-3-2-4-7-5-6;1-5-2-3-6-4-7-5/h2-5H,1H3;2-4H,1H3. The summed E-state index contributed by atoms with van der Waals surface area (Å²) in [5, 5.41) is 0. The maximum atomic E-state index is 3.88. The first-order valence-corrected chi connectivity index (χ1v) is 4.38. The molecule has 0 atom stereocenters. The van der Waals surface area contributed by atoms with Crippen LogP contribution in [0, 0.1) is 13.8 Å². The lowest BCUT2D eigenvalue weighted by atomic mass is 10.3. The van der Waals surface area contributed by atoms with Crippen LogP contribution in [0.3, 0.4) is 0 Å². The van der Waals surface area contributed by atoms with E-state index in [1.54, 1.807) is 12.4 Å². The second-order valence-corrected chi connectivity index (χ2v) is 2.88. The fourth-order valence-corrected chi connectivity index (χ4v) is 0.805. The van der Waals surface area contributed by atoms with Crippen molar-refractivity contribution in [2.75, 3.05) is 0 Å². The summed E-state index contributed by atoms with van der Waals surface area (Å²) in [6.45, 7) is 3.95. The molecule has 3 nitrogen and oxygen atoms in total. The minimum absolute atomic E-state index is 1.01. The van der Waals surface area contributed by atoms with Crippen LogP contribution in [0.1, 0.15) is 11.3 Å². The summed E-state index contributed by atoms with van der Waals surface area (Å²) >= 11 is 0. The molecule has 2 aromatic rings. The van der Waals surface area contributed by atoms with Gasteiger partial charge in [0.15, 0.2) is 0 Å². The number of hydrogen-bond acceptors (Lipinski definition) is 3. The molecular weight excluding hydrogens is 174 g/mol. The van der Waals surface area contributed by atoms with Crippen LogP contribution in [0.25, 0.3) is 0 Å². The molecule has 0 unspecified atom stereocenters. The van der Waals surface area contributed by atoms with Crippen molar-refractivity contribution in [3.8, 4) is 0 Å². The summed E-state index contributed by atoms with van der Waals surface area (Å²) < 4.78 is 0. The smallest absolute Gasteiger partial charge is 0.115 e. The van der Waals surface area contributed by atoms with Gasteiger partial charge in [-0.05, 0) is 31.5 Å². The lowest BCUT2D eigenvalue weighted by molar-refractivity contribution is 1.10. The van der Waals surface area contributed by atoms with E-state index in [2.05, 4.69) is 15.0 Å². The van der Waals surface area contributed by atoms with Gasteiger partial charge in [0.25, 0.3) is 0 Å². The van der Waals surface area contributed by atoms with Crippen molar-refractivity contribution < 1.29 is 0 Å². The summed E-state index contributed by atoms with van der Waals surface area (Å²) in [6.07, 6.45) is 6.87. The molecule has 0 radical (unpaired) electrons. The fraction of sp³-hybridized carbons (Fsp3) is 0.182. The lowest BCUT2D eigenvalue weighted by Gasteiger charge is -1.82. The van der Waals surface area contributed by atoms with Crippen molar-refractivity contribution in [2.45, 2.75) is 13.8 Å². The molecule has 0 bridgehead atoms. The van der Waals surface area contributed by atoms with Crippen LogP contribution in [-0.4, -0.2) is 15.0 Å². The molecule has 0 aliphatic heterocycles. The highest BCUT2D eigenvalue weighted by Crippen LogP contribution is 1.88. The van der Waals surface area contributed by atoms with E-state index in [1.807, 2.05) is 38.2 Å². The van der Waals surface area contributed by atoms with Crippen molar-refractivity contribution in [2.24, 2.45) is 0 Å². The fourth-order valence-electron chi connectivity index (χ4n) is 0.805. The normalized spacial score (nSPS) is 8.71. The van der Waals surface area contributed by atoms with Crippen LogP contribution < -0.4 is 0 Å². The Hall–Kier alpha value is -1.77. The van der Waals surface area contributed by atoms with E-state index < -0.39 is 0 Å². The van der Waals surface area contributed by atoms with Gasteiger partial charge in [-0.15, -0.1) is 0 Å². The van der Waals surface area contributed by atoms with Gasteiger partial charge < -0.3 is 0 Å². The van der Waals surface area contributed by atoms with Crippen LogP contribution in [0.15, 0.2) is 43.1 Å². The largest absolute Gasteiger partial charge is 0.264 e. The van der Waals surface area contributed by atoms with Crippen molar-refractivity contribution in [1.82, 2.24) is 15.0 Å². The number of nitrogens with zero attached hydrogens (tertiary/aromatic N) is 3. The minimum atomic E-state index is 1.01. The van der Waals surface area contributed by atoms with Gasteiger partial charge in [0, 0.05) is 24.3 Å². The van der Waals surface area contributed by atoms with E-state index >= 15 is 0 Å². The molecule has 0 fully saturated rings. The number of aryl methyl sites for hydroxylation is 2. The van der Waals surface area contributed by atoms with Gasteiger partial charge in [0.2, 0.25) is 0 Å².